The summed E-state index contributed by atoms with van der Waals surface area (Å²) in [5.74, 6) is 0. The van der Waals surface area contributed by atoms with Gasteiger partial charge in [-0.2, -0.15) is 0 Å². The SMILES string of the molecule is CCCCCCCCCC.CCCCCCCCCC.CCCCCCCCCC.CCCCCCCCCC.CCCCCCCCCC.CCCCCCCCCC.CCCCCCCCCC.CCCCCCCCCC.O.[AlH3].[NaH]. The molecule has 0 aliphatic heterocycles. The minimum absolute atomic E-state index is 0. The Hall–Kier alpha value is 1.49. The van der Waals surface area contributed by atoms with Gasteiger partial charge < -0.3 is 5.48 Å². The van der Waals surface area contributed by atoms with Crippen LogP contribution < -0.4 is 0 Å². The van der Waals surface area contributed by atoms with Gasteiger partial charge in [0.1, 0.15) is 0 Å². The van der Waals surface area contributed by atoms with Crippen LogP contribution in [0.5, 0.6) is 0 Å². The van der Waals surface area contributed by atoms with E-state index in [1.54, 1.807) is 0 Å². The molecule has 0 aliphatic carbocycles. The van der Waals surface area contributed by atoms with Gasteiger partial charge in [0.15, 0.2) is 17.4 Å². The zero-order valence-corrected chi connectivity index (χ0v) is 61.8. The Labute approximate surface area is 569 Å². The fourth-order valence-electron chi connectivity index (χ4n) is 9.66. The van der Waals surface area contributed by atoms with E-state index in [0.29, 0.717) is 0 Å². The molecule has 83 heavy (non-hydrogen) atoms. The van der Waals surface area contributed by atoms with Crippen LogP contribution in [0, 0.1) is 0 Å². The van der Waals surface area contributed by atoms with Crippen molar-refractivity contribution >= 4 is 46.9 Å². The first-order valence-electron chi connectivity index (χ1n) is 39.3. The van der Waals surface area contributed by atoms with Gasteiger partial charge in [-0.15, -0.1) is 0 Å². The van der Waals surface area contributed by atoms with E-state index in [-0.39, 0.29) is 52.4 Å². The third kappa shape index (κ3) is 168. The van der Waals surface area contributed by atoms with E-state index in [2.05, 4.69) is 111 Å². The Bertz CT molecular complexity index is 535. The van der Waals surface area contributed by atoms with Gasteiger partial charge >= 0.3 is 29.6 Å². The number of hydrogen-bond acceptors (Lipinski definition) is 0. The van der Waals surface area contributed by atoms with Gasteiger partial charge in [0.05, 0.1) is 0 Å². The first-order valence-corrected chi connectivity index (χ1v) is 39.3. The van der Waals surface area contributed by atoms with Crippen molar-refractivity contribution in [3.05, 3.63) is 0 Å². The normalized spacial score (nSPS) is 9.83. The predicted molar refractivity (Wildman–Crippen MR) is 407 cm³/mol. The van der Waals surface area contributed by atoms with Crippen LogP contribution in [0.25, 0.3) is 0 Å². The van der Waals surface area contributed by atoms with E-state index >= 15 is 0 Å². The molecule has 0 unspecified atom stereocenters. The third-order valence-electron chi connectivity index (χ3n) is 15.7. The van der Waals surface area contributed by atoms with Crippen molar-refractivity contribution < 1.29 is 5.48 Å². The molecule has 3 heteroatoms. The Morgan fingerprint density at radius 3 is 0.169 bits per heavy atom. The van der Waals surface area contributed by atoms with Crippen LogP contribution in [-0.4, -0.2) is 52.4 Å². The van der Waals surface area contributed by atoms with Crippen molar-refractivity contribution in [2.24, 2.45) is 0 Å². The van der Waals surface area contributed by atoms with E-state index in [1.807, 2.05) is 0 Å². The second-order valence-electron chi connectivity index (χ2n) is 25.0. The van der Waals surface area contributed by atoms with Gasteiger partial charge in [0.25, 0.3) is 0 Å². The van der Waals surface area contributed by atoms with Gasteiger partial charge in [-0.3, -0.25) is 0 Å². The fraction of sp³-hybridized carbons (Fsp3) is 1.00. The molecule has 0 heterocycles. The average Bonchev–Trinajstić information content (AvgIpc) is 3.47. The maximum absolute atomic E-state index is 2.27. The van der Waals surface area contributed by atoms with Crippen molar-refractivity contribution in [1.82, 2.24) is 0 Å². The molecule has 0 aromatic heterocycles. The zero-order valence-electron chi connectivity index (χ0n) is 61.8. The fourth-order valence-corrected chi connectivity index (χ4v) is 9.66. The molecule has 0 radical (unpaired) electrons. The van der Waals surface area contributed by atoms with Crippen molar-refractivity contribution in [2.45, 2.75) is 522 Å². The van der Waals surface area contributed by atoms with E-state index in [0.717, 1.165) is 0 Å². The quantitative estimate of drug-likeness (QED) is 0.0429. The van der Waals surface area contributed by atoms with E-state index in [9.17, 15) is 0 Å². The van der Waals surface area contributed by atoms with Crippen LogP contribution in [0.4, 0.5) is 0 Å². The monoisotopic (exact) mass is 1210 g/mol. The van der Waals surface area contributed by atoms with Crippen LogP contribution in [0.3, 0.4) is 0 Å². The molecule has 2 N–H and O–H groups in total. The van der Waals surface area contributed by atoms with E-state index in [4.69, 9.17) is 0 Å². The summed E-state index contributed by atoms with van der Waals surface area (Å²) in [5.41, 5.74) is 0. The molecule has 0 aromatic carbocycles. The first kappa shape index (κ1) is 109. The summed E-state index contributed by atoms with van der Waals surface area (Å²) >= 11 is 0. The van der Waals surface area contributed by atoms with Gasteiger partial charge in [-0.05, 0) is 0 Å². The topological polar surface area (TPSA) is 31.5 Å². The molecular weight excluding hydrogens is 1030 g/mol. The van der Waals surface area contributed by atoms with Crippen LogP contribution in [-0.2, 0) is 0 Å². The van der Waals surface area contributed by atoms with Crippen LogP contribution in [0.1, 0.15) is 522 Å². The second-order valence-corrected chi connectivity index (χ2v) is 25.0. The van der Waals surface area contributed by atoms with Gasteiger partial charge in [0, 0.05) is 0 Å². The van der Waals surface area contributed by atoms with Crippen LogP contribution in [0.15, 0.2) is 0 Å². The standard InChI is InChI=1S/8C10H22.Al.Na.H2O.4H/c8*1-3-5-7-9-10-8-6-4-2;;;;;;;/h8*3-10H2,1-2H3;;;1H2;;;;. The summed E-state index contributed by atoms with van der Waals surface area (Å²) in [6.45, 7) is 36.3. The molecule has 0 aromatic rings. The summed E-state index contributed by atoms with van der Waals surface area (Å²) in [4.78, 5) is 0. The molecule has 0 aliphatic rings. The predicted octanol–water partition coefficient (Wildman–Crippen LogP) is 30.5. The molecule has 0 saturated carbocycles. The second kappa shape index (κ2) is 132. The van der Waals surface area contributed by atoms with Crippen LogP contribution in [0.2, 0.25) is 0 Å². The Balaban J connectivity index is -0.0000000789. The summed E-state index contributed by atoms with van der Waals surface area (Å²) in [7, 11) is 0. The van der Waals surface area contributed by atoms with Crippen LogP contribution >= 0.6 is 0 Å². The summed E-state index contributed by atoms with van der Waals surface area (Å²) in [6.07, 6.45) is 91.7. The van der Waals surface area contributed by atoms with E-state index in [1.165, 1.54) is 411 Å². The van der Waals surface area contributed by atoms with Crippen molar-refractivity contribution in [3.63, 3.8) is 0 Å². The summed E-state index contributed by atoms with van der Waals surface area (Å²) < 4.78 is 0. The third-order valence-corrected chi connectivity index (χ3v) is 15.7. The average molecular weight is 1210 g/mol. The number of hydrogen-bond donors (Lipinski definition) is 0. The number of rotatable bonds is 56. The maximum atomic E-state index is 2.27. The molecule has 1 nitrogen and oxygen atoms in total. The summed E-state index contributed by atoms with van der Waals surface area (Å²) in [5, 5.41) is 0. The first-order chi connectivity index (χ1) is 39.3. The molecule has 0 spiro atoms. The Kier molecular flexibility index (Phi) is 174. The van der Waals surface area contributed by atoms with Gasteiger partial charge in [-0.25, -0.2) is 0 Å². The Morgan fingerprint density at radius 2 is 0.133 bits per heavy atom. The zero-order chi connectivity index (χ0) is 61.3. The number of unbranched alkanes of at least 4 members (excludes halogenated alkanes) is 56. The molecule has 0 bridgehead atoms. The van der Waals surface area contributed by atoms with Crippen molar-refractivity contribution in [2.75, 3.05) is 0 Å². The molecule has 0 saturated heterocycles. The van der Waals surface area contributed by atoms with Gasteiger partial charge in [-0.1, -0.05) is 522 Å². The molecule has 0 amide bonds. The molecule has 0 rings (SSSR count). The van der Waals surface area contributed by atoms with Crippen molar-refractivity contribution in [1.29, 1.82) is 0 Å². The molecule has 512 valence electrons. The minimum atomic E-state index is 0. The molecular formula is C80H182AlNaO. The molecule has 0 fully saturated rings. The van der Waals surface area contributed by atoms with Crippen molar-refractivity contribution in [3.8, 4) is 0 Å². The molecule has 0 atom stereocenters. The van der Waals surface area contributed by atoms with E-state index < -0.39 is 0 Å². The van der Waals surface area contributed by atoms with Gasteiger partial charge in [0.2, 0.25) is 0 Å². The summed E-state index contributed by atoms with van der Waals surface area (Å²) in [6, 6.07) is 0. The Morgan fingerprint density at radius 1 is 0.0964 bits per heavy atom.